The summed E-state index contributed by atoms with van der Waals surface area (Å²) in [5, 5.41) is 6.13. The van der Waals surface area contributed by atoms with Crippen molar-refractivity contribution in [2.24, 2.45) is 0 Å². The van der Waals surface area contributed by atoms with Gasteiger partial charge in [-0.25, -0.2) is 0 Å². The normalized spacial score (nSPS) is 11.5. The second-order valence-corrected chi connectivity index (χ2v) is 6.34. The molecule has 0 saturated carbocycles. The van der Waals surface area contributed by atoms with Crippen LogP contribution in [-0.2, 0) is 9.59 Å². The number of carbonyl (C=O) groups excluding carboxylic acids is 2. The highest BCUT2D eigenvalue weighted by atomic mass is 35.5. The first-order valence-corrected chi connectivity index (χ1v) is 7.15. The lowest BCUT2D eigenvalue weighted by Crippen LogP contribution is -2.45. The number of benzene rings is 1. The van der Waals surface area contributed by atoms with E-state index in [9.17, 15) is 9.59 Å². The van der Waals surface area contributed by atoms with Crippen molar-refractivity contribution in [1.29, 1.82) is 0 Å². The van der Waals surface area contributed by atoms with E-state index in [-0.39, 0.29) is 23.9 Å². The minimum Gasteiger partial charge on any atom is -0.350 e. The maximum atomic E-state index is 11.6. The maximum absolute atomic E-state index is 11.6. The average Bonchev–Trinajstić information content (AvgIpc) is 2.36. The van der Waals surface area contributed by atoms with E-state index in [1.54, 1.807) is 24.3 Å². The largest absolute Gasteiger partial charge is 0.350 e. The Morgan fingerprint density at radius 2 is 1.86 bits per heavy atom. The van der Waals surface area contributed by atoms with Gasteiger partial charge in [0.25, 0.3) is 0 Å². The summed E-state index contributed by atoms with van der Waals surface area (Å²) in [6.07, 6.45) is 2.93. The predicted molar refractivity (Wildman–Crippen MR) is 86.4 cm³/mol. The number of hydrogen-bond donors (Lipinski definition) is 2. The highest BCUT2D eigenvalue weighted by Crippen LogP contribution is 2.22. The molecule has 1 aromatic rings. The zero-order valence-electron chi connectivity index (χ0n) is 12.2. The van der Waals surface area contributed by atoms with Crippen LogP contribution in [0.5, 0.6) is 0 Å². The highest BCUT2D eigenvalue weighted by molar-refractivity contribution is 6.42. The molecule has 0 aliphatic heterocycles. The predicted octanol–water partition coefficient (Wildman–Crippen LogP) is 3.04. The molecule has 0 spiro atoms. The third-order valence-electron chi connectivity index (χ3n) is 2.31. The first-order valence-electron chi connectivity index (χ1n) is 6.39. The number of hydrogen-bond acceptors (Lipinski definition) is 2. The molecule has 0 aliphatic rings. The van der Waals surface area contributed by atoms with E-state index in [1.165, 1.54) is 6.08 Å². The van der Waals surface area contributed by atoms with Crippen molar-refractivity contribution in [3.8, 4) is 0 Å². The standard InChI is InChI=1S/C15H18Cl2N2O2/c1-15(2,3)19-14(21)9-18-13(20)7-5-10-4-6-11(16)12(17)8-10/h4-8H,9H2,1-3H3,(H,18,20)(H,19,21)/b7-5+. The summed E-state index contributed by atoms with van der Waals surface area (Å²) in [6.45, 7) is 5.55. The molecule has 1 rings (SSSR count). The first kappa shape index (κ1) is 17.5. The molecule has 1 aromatic carbocycles. The van der Waals surface area contributed by atoms with Gasteiger partial charge in [0.15, 0.2) is 0 Å². The Labute approximate surface area is 134 Å². The molecule has 4 nitrogen and oxygen atoms in total. The number of amides is 2. The van der Waals surface area contributed by atoms with E-state index in [1.807, 2.05) is 20.8 Å². The minimum absolute atomic E-state index is 0.0676. The van der Waals surface area contributed by atoms with Crippen LogP contribution < -0.4 is 10.6 Å². The lowest BCUT2D eigenvalue weighted by Gasteiger charge is -2.20. The van der Waals surface area contributed by atoms with Crippen LogP contribution in [0.3, 0.4) is 0 Å². The molecular formula is C15H18Cl2N2O2. The molecule has 0 atom stereocenters. The number of rotatable bonds is 4. The van der Waals surface area contributed by atoms with Gasteiger partial charge in [0.1, 0.15) is 0 Å². The van der Waals surface area contributed by atoms with Gasteiger partial charge in [-0.3, -0.25) is 9.59 Å². The first-order chi connectivity index (χ1) is 9.67. The van der Waals surface area contributed by atoms with Crippen LogP contribution in [-0.4, -0.2) is 23.9 Å². The quantitative estimate of drug-likeness (QED) is 0.834. The summed E-state index contributed by atoms with van der Waals surface area (Å²) in [5.74, 6) is -0.594. The number of halogens is 2. The van der Waals surface area contributed by atoms with Crippen LogP contribution in [0.1, 0.15) is 26.3 Å². The molecule has 0 aromatic heterocycles. The van der Waals surface area contributed by atoms with Crippen molar-refractivity contribution in [2.45, 2.75) is 26.3 Å². The van der Waals surface area contributed by atoms with Gasteiger partial charge in [0.2, 0.25) is 11.8 Å². The summed E-state index contributed by atoms with van der Waals surface area (Å²) in [7, 11) is 0. The Morgan fingerprint density at radius 3 is 2.43 bits per heavy atom. The fraction of sp³-hybridized carbons (Fsp3) is 0.333. The zero-order chi connectivity index (χ0) is 16.0. The summed E-state index contributed by atoms with van der Waals surface area (Å²) in [6, 6.07) is 5.04. The third-order valence-corrected chi connectivity index (χ3v) is 3.05. The minimum atomic E-state index is -0.356. The van der Waals surface area contributed by atoms with E-state index < -0.39 is 0 Å². The summed E-state index contributed by atoms with van der Waals surface area (Å²) in [5.41, 5.74) is 0.427. The third kappa shape index (κ3) is 7.16. The Kier molecular flexibility index (Phi) is 6.24. The monoisotopic (exact) mass is 328 g/mol. The molecule has 0 bridgehead atoms. The van der Waals surface area contributed by atoms with Gasteiger partial charge in [-0.2, -0.15) is 0 Å². The molecule has 0 unspecified atom stereocenters. The molecule has 0 aliphatic carbocycles. The molecule has 114 valence electrons. The molecule has 0 saturated heterocycles. The van der Waals surface area contributed by atoms with Crippen molar-refractivity contribution in [3.05, 3.63) is 39.9 Å². The van der Waals surface area contributed by atoms with Crippen LogP contribution in [0.25, 0.3) is 6.08 Å². The van der Waals surface area contributed by atoms with Crippen LogP contribution in [0.15, 0.2) is 24.3 Å². The lowest BCUT2D eigenvalue weighted by atomic mass is 10.1. The second kappa shape index (κ2) is 7.48. The Hall–Kier alpha value is -1.52. The van der Waals surface area contributed by atoms with E-state index in [0.717, 1.165) is 5.56 Å². The molecule has 0 radical (unpaired) electrons. The maximum Gasteiger partial charge on any atom is 0.244 e. The van der Waals surface area contributed by atoms with Gasteiger partial charge < -0.3 is 10.6 Å². The Balaban J connectivity index is 2.48. The molecule has 2 amide bonds. The highest BCUT2D eigenvalue weighted by Gasteiger charge is 2.13. The van der Waals surface area contributed by atoms with Crippen LogP contribution in [0.2, 0.25) is 10.0 Å². The van der Waals surface area contributed by atoms with Gasteiger partial charge in [0, 0.05) is 11.6 Å². The van der Waals surface area contributed by atoms with E-state index in [0.29, 0.717) is 10.0 Å². The topological polar surface area (TPSA) is 58.2 Å². The second-order valence-electron chi connectivity index (χ2n) is 5.52. The van der Waals surface area contributed by atoms with Gasteiger partial charge in [-0.1, -0.05) is 29.3 Å². The van der Waals surface area contributed by atoms with E-state index >= 15 is 0 Å². The van der Waals surface area contributed by atoms with Crippen molar-refractivity contribution in [1.82, 2.24) is 10.6 Å². The molecule has 0 fully saturated rings. The molecule has 0 heterocycles. The van der Waals surface area contributed by atoms with Crippen molar-refractivity contribution < 1.29 is 9.59 Å². The molecular weight excluding hydrogens is 311 g/mol. The van der Waals surface area contributed by atoms with E-state index in [2.05, 4.69) is 10.6 Å². The summed E-state index contributed by atoms with van der Waals surface area (Å²) in [4.78, 5) is 23.1. The summed E-state index contributed by atoms with van der Waals surface area (Å²) >= 11 is 11.7. The zero-order valence-corrected chi connectivity index (χ0v) is 13.7. The Bertz CT molecular complexity index is 563. The van der Waals surface area contributed by atoms with Gasteiger partial charge in [0.05, 0.1) is 16.6 Å². The Morgan fingerprint density at radius 1 is 1.19 bits per heavy atom. The van der Waals surface area contributed by atoms with Crippen molar-refractivity contribution >= 4 is 41.1 Å². The van der Waals surface area contributed by atoms with Gasteiger partial charge in [-0.15, -0.1) is 0 Å². The lowest BCUT2D eigenvalue weighted by molar-refractivity contribution is -0.124. The van der Waals surface area contributed by atoms with Crippen molar-refractivity contribution in [3.63, 3.8) is 0 Å². The smallest absolute Gasteiger partial charge is 0.244 e. The summed E-state index contributed by atoms with van der Waals surface area (Å²) < 4.78 is 0. The average molecular weight is 329 g/mol. The van der Waals surface area contributed by atoms with Crippen LogP contribution in [0.4, 0.5) is 0 Å². The van der Waals surface area contributed by atoms with E-state index in [4.69, 9.17) is 23.2 Å². The molecule has 6 heteroatoms. The fourth-order valence-corrected chi connectivity index (χ4v) is 1.78. The molecule has 2 N–H and O–H groups in total. The van der Waals surface area contributed by atoms with Crippen molar-refractivity contribution in [2.75, 3.05) is 6.54 Å². The number of carbonyl (C=O) groups is 2. The van der Waals surface area contributed by atoms with Crippen LogP contribution in [0, 0.1) is 0 Å². The SMILES string of the molecule is CC(C)(C)NC(=O)CNC(=O)/C=C/c1ccc(Cl)c(Cl)c1. The fourth-order valence-electron chi connectivity index (χ4n) is 1.48. The van der Waals surface area contributed by atoms with Gasteiger partial charge >= 0.3 is 0 Å². The van der Waals surface area contributed by atoms with Gasteiger partial charge in [-0.05, 0) is 44.5 Å². The van der Waals surface area contributed by atoms with Crippen LogP contribution >= 0.6 is 23.2 Å². The molecule has 21 heavy (non-hydrogen) atoms. The number of nitrogens with one attached hydrogen (secondary N) is 2.